The van der Waals surface area contributed by atoms with Crippen LogP contribution in [0.3, 0.4) is 0 Å². The van der Waals surface area contributed by atoms with Crippen LogP contribution in [-0.4, -0.2) is 35.9 Å². The molecule has 1 unspecified atom stereocenters. The van der Waals surface area contributed by atoms with E-state index in [0.717, 1.165) is 11.9 Å². The van der Waals surface area contributed by atoms with Crippen LogP contribution in [0.2, 0.25) is 0 Å². The molecular formula is C17H26BNO4. The summed E-state index contributed by atoms with van der Waals surface area (Å²) in [6.45, 7) is 12.3. The summed E-state index contributed by atoms with van der Waals surface area (Å²) in [5.41, 5.74) is 0.738. The molecule has 1 fully saturated rings. The number of nitrogens with zero attached hydrogens (tertiary/aromatic N) is 1. The third-order valence-corrected chi connectivity index (χ3v) is 4.58. The molecule has 0 spiro atoms. The molecule has 1 aliphatic heterocycles. The maximum Gasteiger partial charge on any atom is 0.494 e. The van der Waals surface area contributed by atoms with E-state index in [4.69, 9.17) is 14.0 Å². The first-order chi connectivity index (χ1) is 10.7. The Labute approximate surface area is 138 Å². The van der Waals surface area contributed by atoms with E-state index < -0.39 is 24.2 Å². The Kier molecular flexibility index (Phi) is 5.16. The van der Waals surface area contributed by atoms with E-state index in [1.54, 1.807) is 13.1 Å². The van der Waals surface area contributed by atoms with Crippen molar-refractivity contribution in [2.75, 3.05) is 6.61 Å². The zero-order valence-electron chi connectivity index (χ0n) is 14.9. The van der Waals surface area contributed by atoms with E-state index in [1.165, 1.54) is 0 Å². The molecule has 2 rings (SSSR count). The Morgan fingerprint density at radius 1 is 1.30 bits per heavy atom. The molecule has 0 amide bonds. The highest BCUT2D eigenvalue weighted by atomic mass is 16.7. The van der Waals surface area contributed by atoms with Gasteiger partial charge in [0.1, 0.15) is 0 Å². The molecule has 126 valence electrons. The van der Waals surface area contributed by atoms with Gasteiger partial charge in [-0.15, -0.1) is 0 Å². The van der Waals surface area contributed by atoms with Gasteiger partial charge in [0.15, 0.2) is 0 Å². The summed E-state index contributed by atoms with van der Waals surface area (Å²) in [4.78, 5) is 16.3. The summed E-state index contributed by atoms with van der Waals surface area (Å²) < 4.78 is 17.3. The highest BCUT2D eigenvalue weighted by Crippen LogP contribution is 2.36. The van der Waals surface area contributed by atoms with Crippen LogP contribution in [0.1, 0.15) is 59.6 Å². The average molecular weight is 319 g/mol. The van der Waals surface area contributed by atoms with Crippen molar-refractivity contribution in [2.24, 2.45) is 0 Å². The SMILES string of the molecule is CCCOC(=O)C(C)c1cc(B2OC(C)(C)C(C)(C)O2)ccn1. The van der Waals surface area contributed by atoms with Gasteiger partial charge >= 0.3 is 13.1 Å². The zero-order valence-corrected chi connectivity index (χ0v) is 14.9. The second-order valence-corrected chi connectivity index (χ2v) is 6.99. The lowest BCUT2D eigenvalue weighted by atomic mass is 9.79. The molecule has 0 aromatic carbocycles. The molecule has 5 nitrogen and oxygen atoms in total. The molecular weight excluding hydrogens is 293 g/mol. The number of rotatable bonds is 5. The summed E-state index contributed by atoms with van der Waals surface area (Å²) >= 11 is 0. The molecule has 1 atom stereocenters. The van der Waals surface area contributed by atoms with Crippen molar-refractivity contribution >= 4 is 18.6 Å². The Bertz CT molecular complexity index is 557. The number of carbonyl (C=O) groups is 1. The molecule has 23 heavy (non-hydrogen) atoms. The van der Waals surface area contributed by atoms with Gasteiger partial charge in [0, 0.05) is 6.20 Å². The molecule has 1 saturated heterocycles. The van der Waals surface area contributed by atoms with Gasteiger partial charge in [-0.05, 0) is 58.6 Å². The number of hydrogen-bond donors (Lipinski definition) is 0. The van der Waals surface area contributed by atoms with Gasteiger partial charge in [0.05, 0.1) is 29.4 Å². The summed E-state index contributed by atoms with van der Waals surface area (Å²) in [5, 5.41) is 0. The molecule has 6 heteroatoms. The predicted octanol–water partition coefficient (Wildman–Crippen LogP) is 2.44. The van der Waals surface area contributed by atoms with Crippen molar-refractivity contribution in [3.05, 3.63) is 24.0 Å². The van der Waals surface area contributed by atoms with E-state index in [1.807, 2.05) is 46.8 Å². The standard InChI is InChI=1S/C17H26BNO4/c1-7-10-21-15(20)12(2)14-11-13(8-9-19-14)18-22-16(3,4)17(5,6)23-18/h8-9,11-12H,7,10H2,1-6H3. The Hall–Kier alpha value is -1.40. The quantitative estimate of drug-likeness (QED) is 0.616. The molecule has 0 N–H and O–H groups in total. The molecule has 1 aromatic rings. The van der Waals surface area contributed by atoms with Gasteiger partial charge in [-0.2, -0.15) is 0 Å². The minimum absolute atomic E-state index is 0.259. The molecule has 1 aliphatic rings. The van der Waals surface area contributed by atoms with Crippen molar-refractivity contribution in [1.82, 2.24) is 4.98 Å². The van der Waals surface area contributed by atoms with Crippen molar-refractivity contribution in [2.45, 2.75) is 65.1 Å². The highest BCUT2D eigenvalue weighted by molar-refractivity contribution is 6.62. The van der Waals surface area contributed by atoms with Crippen molar-refractivity contribution in [3.63, 3.8) is 0 Å². The molecule has 0 bridgehead atoms. The lowest BCUT2D eigenvalue weighted by molar-refractivity contribution is -0.145. The number of aromatic nitrogens is 1. The first-order valence-electron chi connectivity index (χ1n) is 8.16. The molecule has 2 heterocycles. The Morgan fingerprint density at radius 3 is 2.48 bits per heavy atom. The van der Waals surface area contributed by atoms with Gasteiger partial charge in [-0.25, -0.2) is 0 Å². The molecule has 0 saturated carbocycles. The summed E-state index contributed by atoms with van der Waals surface area (Å²) in [6.07, 6.45) is 2.49. The van der Waals surface area contributed by atoms with Crippen LogP contribution in [-0.2, 0) is 18.8 Å². The number of pyridine rings is 1. The highest BCUT2D eigenvalue weighted by Gasteiger charge is 2.51. The van der Waals surface area contributed by atoms with Crippen LogP contribution in [0.4, 0.5) is 0 Å². The third-order valence-electron chi connectivity index (χ3n) is 4.58. The normalized spacial score (nSPS) is 20.3. The molecule has 0 radical (unpaired) electrons. The summed E-state index contributed by atoms with van der Waals surface area (Å²) in [6, 6.07) is 3.72. The minimum Gasteiger partial charge on any atom is -0.465 e. The fourth-order valence-electron chi connectivity index (χ4n) is 2.28. The second kappa shape index (κ2) is 6.61. The predicted molar refractivity (Wildman–Crippen MR) is 89.6 cm³/mol. The van der Waals surface area contributed by atoms with Crippen LogP contribution in [0.5, 0.6) is 0 Å². The van der Waals surface area contributed by atoms with E-state index in [-0.39, 0.29) is 5.97 Å². The third kappa shape index (κ3) is 3.75. The fraction of sp³-hybridized carbons (Fsp3) is 0.647. The number of hydrogen-bond acceptors (Lipinski definition) is 5. The van der Waals surface area contributed by atoms with Gasteiger partial charge in [0.25, 0.3) is 0 Å². The molecule has 1 aromatic heterocycles. The lowest BCUT2D eigenvalue weighted by Gasteiger charge is -2.32. The van der Waals surface area contributed by atoms with Gasteiger partial charge in [-0.3, -0.25) is 9.78 Å². The van der Waals surface area contributed by atoms with Crippen molar-refractivity contribution in [1.29, 1.82) is 0 Å². The van der Waals surface area contributed by atoms with E-state index >= 15 is 0 Å². The van der Waals surface area contributed by atoms with E-state index in [0.29, 0.717) is 12.3 Å². The second-order valence-electron chi connectivity index (χ2n) is 6.99. The Balaban J connectivity index is 2.16. The van der Waals surface area contributed by atoms with Gasteiger partial charge in [-0.1, -0.05) is 6.92 Å². The van der Waals surface area contributed by atoms with E-state index in [9.17, 15) is 4.79 Å². The van der Waals surface area contributed by atoms with Crippen LogP contribution in [0, 0.1) is 0 Å². The summed E-state index contributed by atoms with van der Waals surface area (Å²) in [5.74, 6) is -0.672. The summed E-state index contributed by atoms with van der Waals surface area (Å²) in [7, 11) is -0.458. The first kappa shape index (κ1) is 18.0. The van der Waals surface area contributed by atoms with Crippen LogP contribution in [0.25, 0.3) is 0 Å². The lowest BCUT2D eigenvalue weighted by Crippen LogP contribution is -2.41. The number of ether oxygens (including phenoxy) is 1. The first-order valence-corrected chi connectivity index (χ1v) is 8.16. The maximum atomic E-state index is 12.0. The van der Waals surface area contributed by atoms with E-state index in [2.05, 4.69) is 4.98 Å². The number of carbonyl (C=O) groups excluding carboxylic acids is 1. The smallest absolute Gasteiger partial charge is 0.465 e. The van der Waals surface area contributed by atoms with Gasteiger partial charge in [0.2, 0.25) is 0 Å². The Morgan fingerprint density at radius 2 is 1.91 bits per heavy atom. The van der Waals surface area contributed by atoms with Crippen LogP contribution >= 0.6 is 0 Å². The maximum absolute atomic E-state index is 12.0. The van der Waals surface area contributed by atoms with Crippen LogP contribution in [0.15, 0.2) is 18.3 Å². The zero-order chi connectivity index (χ0) is 17.3. The van der Waals surface area contributed by atoms with Gasteiger partial charge < -0.3 is 14.0 Å². The molecule has 0 aliphatic carbocycles. The fourth-order valence-corrected chi connectivity index (χ4v) is 2.28. The van der Waals surface area contributed by atoms with Crippen molar-refractivity contribution in [3.8, 4) is 0 Å². The minimum atomic E-state index is -0.458. The van der Waals surface area contributed by atoms with Crippen molar-refractivity contribution < 1.29 is 18.8 Å². The van der Waals surface area contributed by atoms with Crippen LogP contribution < -0.4 is 5.46 Å². The number of esters is 1. The average Bonchev–Trinajstić information content (AvgIpc) is 2.72. The topological polar surface area (TPSA) is 57.7 Å². The monoisotopic (exact) mass is 319 g/mol. The largest absolute Gasteiger partial charge is 0.494 e.